The highest BCUT2D eigenvalue weighted by molar-refractivity contribution is 7.80. The summed E-state index contributed by atoms with van der Waals surface area (Å²) in [6.07, 6.45) is 4.38. The summed E-state index contributed by atoms with van der Waals surface area (Å²) in [7, 11) is 1.71. The molecule has 4 heteroatoms. The van der Waals surface area contributed by atoms with Gasteiger partial charge in [-0.15, -0.1) is 0 Å². The van der Waals surface area contributed by atoms with Crippen LogP contribution in [0, 0.1) is 5.92 Å². The molecular formula is C15H20N2OS. The molecule has 1 aliphatic carbocycles. The van der Waals surface area contributed by atoms with Crippen molar-refractivity contribution in [1.82, 2.24) is 5.32 Å². The van der Waals surface area contributed by atoms with Gasteiger partial charge in [-0.3, -0.25) is 0 Å². The van der Waals surface area contributed by atoms with Gasteiger partial charge in [-0.2, -0.15) is 0 Å². The summed E-state index contributed by atoms with van der Waals surface area (Å²) in [6, 6.07) is 6.30. The molecule has 3 N–H and O–H groups in total. The molecule has 0 aromatic heterocycles. The van der Waals surface area contributed by atoms with Gasteiger partial charge in [0.1, 0.15) is 5.75 Å². The molecule has 0 amide bonds. The van der Waals surface area contributed by atoms with Crippen molar-refractivity contribution in [3.8, 4) is 5.75 Å². The fraction of sp³-hybridized carbons (Fsp3) is 0.400. The van der Waals surface area contributed by atoms with Gasteiger partial charge >= 0.3 is 0 Å². The van der Waals surface area contributed by atoms with Crippen molar-refractivity contribution in [3.05, 3.63) is 35.4 Å². The number of hydrogen-bond donors (Lipinski definition) is 2. The van der Waals surface area contributed by atoms with Crippen LogP contribution in [0.1, 0.15) is 24.5 Å². The van der Waals surface area contributed by atoms with Gasteiger partial charge in [0, 0.05) is 6.54 Å². The minimum atomic E-state index is 0.343. The van der Waals surface area contributed by atoms with E-state index in [-0.39, 0.29) is 0 Å². The average molecular weight is 276 g/mol. The van der Waals surface area contributed by atoms with Crippen molar-refractivity contribution in [2.24, 2.45) is 11.7 Å². The van der Waals surface area contributed by atoms with E-state index in [1.165, 1.54) is 16.7 Å². The Hall–Kier alpha value is -1.55. The van der Waals surface area contributed by atoms with E-state index in [4.69, 9.17) is 22.7 Å². The maximum Gasteiger partial charge on any atom is 0.163 e. The van der Waals surface area contributed by atoms with E-state index in [9.17, 15) is 0 Å². The fourth-order valence-corrected chi connectivity index (χ4v) is 2.66. The maximum atomic E-state index is 5.44. The Labute approximate surface area is 119 Å². The molecule has 1 aromatic carbocycles. The summed E-state index contributed by atoms with van der Waals surface area (Å²) < 4.78 is 5.30. The number of thiocarbonyl (C=S) groups is 1. The van der Waals surface area contributed by atoms with Crippen molar-refractivity contribution < 1.29 is 4.74 Å². The molecule has 0 aliphatic heterocycles. The first-order chi connectivity index (χ1) is 9.10. The summed E-state index contributed by atoms with van der Waals surface area (Å²) in [4.78, 5) is 0. The quantitative estimate of drug-likeness (QED) is 0.833. The van der Waals surface area contributed by atoms with Crippen LogP contribution in [0.3, 0.4) is 0 Å². The number of fused-ring (bicyclic) bond motifs is 1. The van der Waals surface area contributed by atoms with Crippen LogP contribution >= 0.6 is 12.2 Å². The molecule has 0 radical (unpaired) electrons. The Balaban J connectivity index is 2.25. The zero-order valence-electron chi connectivity index (χ0n) is 11.4. The first kappa shape index (κ1) is 13.9. The molecule has 0 spiro atoms. The van der Waals surface area contributed by atoms with Gasteiger partial charge in [-0.1, -0.05) is 19.1 Å². The smallest absolute Gasteiger partial charge is 0.163 e. The molecule has 102 valence electrons. The number of allylic oxidation sites excluding steroid dienone is 1. The van der Waals surface area contributed by atoms with Gasteiger partial charge in [-0.05, 0) is 59.8 Å². The summed E-state index contributed by atoms with van der Waals surface area (Å²) in [5, 5.41) is 3.31. The van der Waals surface area contributed by atoms with Crippen molar-refractivity contribution in [2.75, 3.05) is 13.7 Å². The van der Waals surface area contributed by atoms with Gasteiger partial charge in [0.25, 0.3) is 0 Å². The van der Waals surface area contributed by atoms with E-state index in [0.717, 1.165) is 18.6 Å². The number of hydrogen-bond acceptors (Lipinski definition) is 2. The predicted octanol–water partition coefficient (Wildman–Crippen LogP) is 2.49. The van der Waals surface area contributed by atoms with E-state index in [1.807, 2.05) is 6.07 Å². The molecule has 1 aliphatic rings. The van der Waals surface area contributed by atoms with Gasteiger partial charge < -0.3 is 15.8 Å². The van der Waals surface area contributed by atoms with E-state index < -0.39 is 0 Å². The van der Waals surface area contributed by atoms with Crippen LogP contribution in [0.2, 0.25) is 0 Å². The SMILES string of the molecule is COc1ccc2c(c1)CC(C)CC2=CCNC(N)=S. The number of nitrogens with one attached hydrogen (secondary N) is 1. The Bertz CT molecular complexity index is 511. The third kappa shape index (κ3) is 3.47. The van der Waals surface area contributed by atoms with Crippen LogP contribution in [-0.4, -0.2) is 18.8 Å². The molecule has 0 saturated heterocycles. The lowest BCUT2D eigenvalue weighted by Gasteiger charge is -2.25. The lowest BCUT2D eigenvalue weighted by atomic mass is 9.81. The molecule has 0 bridgehead atoms. The number of nitrogens with two attached hydrogens (primary N) is 1. The molecule has 1 atom stereocenters. The van der Waals surface area contributed by atoms with Crippen molar-refractivity contribution in [3.63, 3.8) is 0 Å². The summed E-state index contributed by atoms with van der Waals surface area (Å²) in [6.45, 7) is 2.96. The monoisotopic (exact) mass is 276 g/mol. The van der Waals surface area contributed by atoms with Crippen LogP contribution in [0.5, 0.6) is 5.75 Å². The van der Waals surface area contributed by atoms with Crippen LogP contribution in [0.25, 0.3) is 5.57 Å². The number of methoxy groups -OCH3 is 1. The van der Waals surface area contributed by atoms with Crippen LogP contribution < -0.4 is 15.8 Å². The molecule has 19 heavy (non-hydrogen) atoms. The lowest BCUT2D eigenvalue weighted by Crippen LogP contribution is -2.29. The second-order valence-corrected chi connectivity index (χ2v) is 5.45. The predicted molar refractivity (Wildman–Crippen MR) is 83.2 cm³/mol. The first-order valence-corrected chi connectivity index (χ1v) is 6.90. The number of rotatable bonds is 3. The lowest BCUT2D eigenvalue weighted by molar-refractivity contribution is 0.413. The minimum absolute atomic E-state index is 0.343. The van der Waals surface area contributed by atoms with Crippen molar-refractivity contribution in [2.45, 2.75) is 19.8 Å². The van der Waals surface area contributed by atoms with E-state index in [2.05, 4.69) is 30.4 Å². The highest BCUT2D eigenvalue weighted by Crippen LogP contribution is 2.35. The van der Waals surface area contributed by atoms with Crippen molar-refractivity contribution in [1.29, 1.82) is 0 Å². The highest BCUT2D eigenvalue weighted by atomic mass is 32.1. The molecular weight excluding hydrogens is 256 g/mol. The average Bonchev–Trinajstić information content (AvgIpc) is 2.37. The van der Waals surface area contributed by atoms with Crippen LogP contribution in [0.15, 0.2) is 24.3 Å². The van der Waals surface area contributed by atoms with Crippen molar-refractivity contribution >= 4 is 22.9 Å². The fourth-order valence-electron chi connectivity index (χ4n) is 2.58. The Kier molecular flexibility index (Phi) is 4.43. The molecule has 2 rings (SSSR count). The minimum Gasteiger partial charge on any atom is -0.497 e. The van der Waals surface area contributed by atoms with Gasteiger partial charge in [-0.25, -0.2) is 0 Å². The molecule has 1 unspecified atom stereocenters. The molecule has 3 nitrogen and oxygen atoms in total. The highest BCUT2D eigenvalue weighted by Gasteiger charge is 2.19. The van der Waals surface area contributed by atoms with E-state index >= 15 is 0 Å². The zero-order chi connectivity index (χ0) is 13.8. The largest absolute Gasteiger partial charge is 0.497 e. The Morgan fingerprint density at radius 1 is 1.53 bits per heavy atom. The summed E-state index contributed by atoms with van der Waals surface area (Å²) in [5.41, 5.74) is 9.49. The summed E-state index contributed by atoms with van der Waals surface area (Å²) >= 11 is 4.82. The third-order valence-corrected chi connectivity index (χ3v) is 3.56. The number of benzene rings is 1. The number of ether oxygens (including phenoxy) is 1. The molecule has 1 aromatic rings. The van der Waals surface area contributed by atoms with E-state index in [0.29, 0.717) is 17.6 Å². The van der Waals surface area contributed by atoms with Gasteiger partial charge in [0.15, 0.2) is 5.11 Å². The Morgan fingerprint density at radius 3 is 3.00 bits per heavy atom. The third-order valence-electron chi connectivity index (χ3n) is 3.42. The maximum absolute atomic E-state index is 5.44. The second kappa shape index (κ2) is 6.06. The van der Waals surface area contributed by atoms with Crippen LogP contribution in [-0.2, 0) is 6.42 Å². The summed E-state index contributed by atoms with van der Waals surface area (Å²) in [5.74, 6) is 1.57. The topological polar surface area (TPSA) is 47.3 Å². The molecule has 0 heterocycles. The molecule has 0 saturated carbocycles. The Morgan fingerprint density at radius 2 is 2.32 bits per heavy atom. The van der Waals surface area contributed by atoms with Gasteiger partial charge in [0.2, 0.25) is 0 Å². The van der Waals surface area contributed by atoms with Gasteiger partial charge in [0.05, 0.1) is 7.11 Å². The van der Waals surface area contributed by atoms with E-state index in [1.54, 1.807) is 7.11 Å². The molecule has 0 fully saturated rings. The second-order valence-electron chi connectivity index (χ2n) is 5.01. The first-order valence-electron chi connectivity index (χ1n) is 6.49. The zero-order valence-corrected chi connectivity index (χ0v) is 12.2. The van der Waals surface area contributed by atoms with Crippen LogP contribution in [0.4, 0.5) is 0 Å². The standard InChI is InChI=1S/C15H20N2OS/c1-10-7-11(5-6-17-15(16)19)14-4-3-13(18-2)9-12(14)8-10/h3-5,9-10H,6-8H2,1-2H3,(H3,16,17,19). The normalized spacial score (nSPS) is 19.9.